The van der Waals surface area contributed by atoms with Crippen LogP contribution in [0.25, 0.3) is 0 Å². The molecular weight excluding hydrogens is 250 g/mol. The Hall–Kier alpha value is -0.120. The van der Waals surface area contributed by atoms with E-state index in [0.29, 0.717) is 5.54 Å². The highest BCUT2D eigenvalue weighted by atomic mass is 16.7. The summed E-state index contributed by atoms with van der Waals surface area (Å²) in [5.41, 5.74) is 0.470. The molecule has 0 atom stereocenters. The Bertz CT molecular complexity index is 277. The minimum atomic E-state index is -0.0218. The summed E-state index contributed by atoms with van der Waals surface area (Å²) >= 11 is 0. The third kappa shape index (κ3) is 3.20. The lowest BCUT2D eigenvalue weighted by Crippen LogP contribution is -2.58. The average molecular weight is 281 g/mol. The van der Waals surface area contributed by atoms with Crippen LogP contribution in [0.15, 0.2) is 0 Å². The van der Waals surface area contributed by atoms with Crippen molar-refractivity contribution in [3.8, 4) is 0 Å². The van der Waals surface area contributed by atoms with Crippen molar-refractivity contribution in [1.29, 1.82) is 0 Å². The van der Waals surface area contributed by atoms with Gasteiger partial charge in [0.2, 0.25) is 0 Å². The number of hydrogen-bond acceptors (Lipinski definition) is 3. The maximum atomic E-state index is 5.64. The van der Waals surface area contributed by atoms with E-state index in [-0.39, 0.29) is 6.29 Å². The Morgan fingerprint density at radius 1 is 0.950 bits per heavy atom. The van der Waals surface area contributed by atoms with Crippen molar-refractivity contribution in [2.45, 2.75) is 70.6 Å². The van der Waals surface area contributed by atoms with Crippen LogP contribution in [0.1, 0.15) is 58.8 Å². The molecule has 4 fully saturated rings. The molecular formula is C17H31NO2. The maximum Gasteiger partial charge on any atom is 0.158 e. The molecule has 1 N–H and O–H groups in total. The lowest BCUT2D eigenvalue weighted by Gasteiger charge is -2.57. The van der Waals surface area contributed by atoms with Crippen LogP contribution in [0, 0.1) is 17.8 Å². The molecule has 0 radical (unpaired) electrons. The van der Waals surface area contributed by atoms with E-state index in [1.54, 1.807) is 0 Å². The van der Waals surface area contributed by atoms with Crippen LogP contribution >= 0.6 is 0 Å². The van der Waals surface area contributed by atoms with Crippen molar-refractivity contribution < 1.29 is 9.47 Å². The van der Waals surface area contributed by atoms with Crippen molar-refractivity contribution in [3.63, 3.8) is 0 Å². The highest BCUT2D eigenvalue weighted by Gasteiger charge is 2.50. The fourth-order valence-corrected chi connectivity index (χ4v) is 5.37. The Morgan fingerprint density at radius 2 is 1.45 bits per heavy atom. The van der Waals surface area contributed by atoms with Crippen LogP contribution in [0.3, 0.4) is 0 Å². The average Bonchev–Trinajstić information content (AvgIpc) is 2.37. The van der Waals surface area contributed by atoms with Gasteiger partial charge in [0, 0.05) is 31.7 Å². The molecule has 3 nitrogen and oxygen atoms in total. The van der Waals surface area contributed by atoms with Gasteiger partial charge < -0.3 is 14.8 Å². The molecule has 4 aliphatic rings. The van der Waals surface area contributed by atoms with Gasteiger partial charge in [0.15, 0.2) is 6.29 Å². The van der Waals surface area contributed by atoms with Gasteiger partial charge in [0.25, 0.3) is 0 Å². The van der Waals surface area contributed by atoms with E-state index >= 15 is 0 Å². The third-order valence-electron chi connectivity index (χ3n) is 5.62. The second-order valence-corrected chi connectivity index (χ2v) is 7.25. The zero-order valence-corrected chi connectivity index (χ0v) is 13.2. The number of hydrogen-bond donors (Lipinski definition) is 1. The quantitative estimate of drug-likeness (QED) is 0.692. The predicted octanol–water partition coefficient (Wildman–Crippen LogP) is 3.33. The smallest absolute Gasteiger partial charge is 0.158 e. The second kappa shape index (κ2) is 6.33. The first kappa shape index (κ1) is 14.8. The molecule has 4 aliphatic carbocycles. The summed E-state index contributed by atoms with van der Waals surface area (Å²) in [4.78, 5) is 0. The number of rotatable bonds is 8. The predicted molar refractivity (Wildman–Crippen MR) is 80.6 cm³/mol. The minimum Gasteiger partial charge on any atom is -0.353 e. The summed E-state index contributed by atoms with van der Waals surface area (Å²) in [5, 5.41) is 3.91. The van der Waals surface area contributed by atoms with Gasteiger partial charge in [0.1, 0.15) is 0 Å². The summed E-state index contributed by atoms with van der Waals surface area (Å²) in [6, 6.07) is 0. The van der Waals surface area contributed by atoms with E-state index in [1.807, 2.05) is 13.8 Å². The van der Waals surface area contributed by atoms with E-state index in [1.165, 1.54) is 38.5 Å². The highest BCUT2D eigenvalue weighted by Crippen LogP contribution is 2.55. The number of ether oxygens (including phenoxy) is 2. The molecule has 0 saturated heterocycles. The fraction of sp³-hybridized carbons (Fsp3) is 1.00. The van der Waals surface area contributed by atoms with Crippen LogP contribution in [0.4, 0.5) is 0 Å². The minimum absolute atomic E-state index is 0.0218. The summed E-state index contributed by atoms with van der Waals surface area (Å²) < 4.78 is 11.3. The van der Waals surface area contributed by atoms with Gasteiger partial charge in [-0.15, -0.1) is 0 Å². The van der Waals surface area contributed by atoms with Crippen molar-refractivity contribution in [2.75, 3.05) is 19.8 Å². The molecule has 3 heteroatoms. The highest BCUT2D eigenvalue weighted by molar-refractivity contribution is 5.06. The first-order chi connectivity index (χ1) is 9.73. The Kier molecular flexibility index (Phi) is 4.68. The molecule has 20 heavy (non-hydrogen) atoms. The summed E-state index contributed by atoms with van der Waals surface area (Å²) in [6.07, 6.45) is 9.77. The van der Waals surface area contributed by atoms with Crippen molar-refractivity contribution in [2.24, 2.45) is 17.8 Å². The molecule has 0 aromatic rings. The standard InChI is InChI=1S/C17H31NO2/c1-3-19-16(20-4-2)5-6-18-17-10-13-7-14(11-17)9-15(8-13)12-17/h13-16,18H,3-12H2,1-2H3. The van der Waals surface area contributed by atoms with E-state index in [0.717, 1.165) is 43.9 Å². The van der Waals surface area contributed by atoms with Crippen LogP contribution in [-0.4, -0.2) is 31.6 Å². The van der Waals surface area contributed by atoms with Crippen LogP contribution in [0.5, 0.6) is 0 Å². The van der Waals surface area contributed by atoms with Crippen LogP contribution in [0.2, 0.25) is 0 Å². The molecule has 4 rings (SSSR count). The Balaban J connectivity index is 1.48. The third-order valence-corrected chi connectivity index (χ3v) is 5.62. The molecule has 0 heterocycles. The molecule has 0 aromatic carbocycles. The molecule has 4 bridgehead atoms. The topological polar surface area (TPSA) is 30.5 Å². The molecule has 0 aliphatic heterocycles. The van der Waals surface area contributed by atoms with E-state index in [9.17, 15) is 0 Å². The van der Waals surface area contributed by atoms with Crippen molar-refractivity contribution in [3.05, 3.63) is 0 Å². The maximum absolute atomic E-state index is 5.64. The van der Waals surface area contributed by atoms with E-state index in [4.69, 9.17) is 9.47 Å². The van der Waals surface area contributed by atoms with Gasteiger partial charge in [-0.05, 0) is 70.1 Å². The molecule has 0 amide bonds. The monoisotopic (exact) mass is 281 g/mol. The Labute approximate surface area is 123 Å². The first-order valence-electron chi connectivity index (χ1n) is 8.71. The van der Waals surface area contributed by atoms with Gasteiger partial charge >= 0.3 is 0 Å². The fourth-order valence-electron chi connectivity index (χ4n) is 5.37. The molecule has 4 saturated carbocycles. The van der Waals surface area contributed by atoms with Crippen LogP contribution in [-0.2, 0) is 9.47 Å². The molecule has 0 spiro atoms. The largest absolute Gasteiger partial charge is 0.353 e. The van der Waals surface area contributed by atoms with Gasteiger partial charge in [-0.1, -0.05) is 0 Å². The van der Waals surface area contributed by atoms with Crippen molar-refractivity contribution in [1.82, 2.24) is 5.32 Å². The second-order valence-electron chi connectivity index (χ2n) is 7.25. The lowest BCUT2D eigenvalue weighted by atomic mass is 9.53. The molecule has 116 valence electrons. The Morgan fingerprint density at radius 3 is 1.90 bits per heavy atom. The van der Waals surface area contributed by atoms with Gasteiger partial charge in [-0.3, -0.25) is 0 Å². The zero-order valence-electron chi connectivity index (χ0n) is 13.2. The number of nitrogens with one attached hydrogen (secondary N) is 1. The van der Waals surface area contributed by atoms with E-state index < -0.39 is 0 Å². The van der Waals surface area contributed by atoms with Gasteiger partial charge in [-0.2, -0.15) is 0 Å². The zero-order chi connectivity index (χ0) is 14.0. The van der Waals surface area contributed by atoms with E-state index in [2.05, 4.69) is 5.32 Å². The first-order valence-corrected chi connectivity index (χ1v) is 8.71. The van der Waals surface area contributed by atoms with Gasteiger partial charge in [-0.25, -0.2) is 0 Å². The molecule has 0 aromatic heterocycles. The summed E-state index contributed by atoms with van der Waals surface area (Å²) in [7, 11) is 0. The lowest BCUT2D eigenvalue weighted by molar-refractivity contribution is -0.140. The van der Waals surface area contributed by atoms with Crippen LogP contribution < -0.4 is 5.32 Å². The van der Waals surface area contributed by atoms with Crippen molar-refractivity contribution >= 4 is 0 Å². The summed E-state index contributed by atoms with van der Waals surface area (Å²) in [5.74, 6) is 3.05. The molecule has 0 unspecified atom stereocenters. The SMILES string of the molecule is CCOC(CCNC12CC3CC(CC(C3)C1)C2)OCC. The normalized spacial score (nSPS) is 38.9. The van der Waals surface area contributed by atoms with Gasteiger partial charge in [0.05, 0.1) is 0 Å². The summed E-state index contributed by atoms with van der Waals surface area (Å²) in [6.45, 7) is 6.60.